The number of halogens is 1. The predicted molar refractivity (Wildman–Crippen MR) is 67.6 cm³/mol. The van der Waals surface area contributed by atoms with Crippen LogP contribution in [-0.4, -0.2) is 12.1 Å². The smallest absolute Gasteiger partial charge is 0.121 e. The molecule has 0 amide bonds. The quantitative estimate of drug-likeness (QED) is 0.800. The summed E-state index contributed by atoms with van der Waals surface area (Å²) in [7, 11) is 0. The van der Waals surface area contributed by atoms with Crippen molar-refractivity contribution >= 4 is 11.6 Å². The summed E-state index contributed by atoms with van der Waals surface area (Å²) >= 11 is 5.85. The molecule has 1 aromatic rings. The van der Waals surface area contributed by atoms with Crippen molar-refractivity contribution in [3.05, 3.63) is 29.3 Å². The first-order chi connectivity index (χ1) is 7.63. The largest absolute Gasteiger partial charge is 0.489 e. The average Bonchev–Trinajstić information content (AvgIpc) is 2.25. The third kappa shape index (κ3) is 4.14. The van der Waals surface area contributed by atoms with Gasteiger partial charge >= 0.3 is 0 Å². The van der Waals surface area contributed by atoms with Crippen molar-refractivity contribution in [3.63, 3.8) is 0 Å². The fourth-order valence-corrected chi connectivity index (χ4v) is 1.51. The lowest BCUT2D eigenvalue weighted by Gasteiger charge is -2.20. The van der Waals surface area contributed by atoms with E-state index in [1.165, 1.54) is 0 Å². The van der Waals surface area contributed by atoms with Gasteiger partial charge in [-0.15, -0.1) is 12.3 Å². The van der Waals surface area contributed by atoms with Gasteiger partial charge in [-0.25, -0.2) is 0 Å². The van der Waals surface area contributed by atoms with Gasteiger partial charge in [-0.3, -0.25) is 0 Å². The Bertz CT molecular complexity index is 372. The Kier molecular flexibility index (Phi) is 5.18. The lowest BCUT2D eigenvalue weighted by atomic mass is 10.1. The second-order valence-corrected chi connectivity index (χ2v) is 4.12. The second-order valence-electron chi connectivity index (χ2n) is 3.69. The predicted octanol–water partition coefficient (Wildman–Crippen LogP) is 2.85. The molecule has 0 aliphatic heterocycles. The molecule has 2 unspecified atom stereocenters. The summed E-state index contributed by atoms with van der Waals surface area (Å²) in [6.45, 7) is 1.93. The van der Waals surface area contributed by atoms with E-state index in [-0.39, 0.29) is 12.1 Å². The molecule has 16 heavy (non-hydrogen) atoms. The maximum Gasteiger partial charge on any atom is 0.121 e. The summed E-state index contributed by atoms with van der Waals surface area (Å²) in [6, 6.07) is 7.21. The molecule has 0 aliphatic carbocycles. The highest BCUT2D eigenvalue weighted by Crippen LogP contribution is 2.19. The number of nitrogens with two attached hydrogens (primary N) is 1. The molecule has 0 saturated heterocycles. The van der Waals surface area contributed by atoms with Crippen LogP contribution in [0.25, 0.3) is 0 Å². The normalized spacial score (nSPS) is 13.9. The lowest BCUT2D eigenvalue weighted by molar-refractivity contribution is 0.185. The van der Waals surface area contributed by atoms with E-state index in [1.54, 1.807) is 12.1 Å². The number of benzene rings is 1. The number of ether oxygens (including phenoxy) is 1. The van der Waals surface area contributed by atoms with Gasteiger partial charge in [0.25, 0.3) is 0 Å². The van der Waals surface area contributed by atoms with E-state index in [0.717, 1.165) is 12.2 Å². The molecule has 0 bridgehead atoms. The lowest BCUT2D eigenvalue weighted by Crippen LogP contribution is -2.36. The van der Waals surface area contributed by atoms with Crippen molar-refractivity contribution in [2.24, 2.45) is 5.73 Å². The molecule has 3 heteroatoms. The molecule has 2 N–H and O–H groups in total. The van der Waals surface area contributed by atoms with Crippen molar-refractivity contribution in [2.75, 3.05) is 0 Å². The molecule has 0 spiro atoms. The summed E-state index contributed by atoms with van der Waals surface area (Å²) in [5.41, 5.74) is 5.94. The van der Waals surface area contributed by atoms with Gasteiger partial charge in [0.1, 0.15) is 11.9 Å². The Morgan fingerprint density at radius 3 is 2.94 bits per heavy atom. The summed E-state index contributed by atoms with van der Waals surface area (Å²) in [6.07, 6.45) is 6.54. The topological polar surface area (TPSA) is 35.2 Å². The minimum atomic E-state index is -0.0770. The maximum atomic E-state index is 5.94. The van der Waals surface area contributed by atoms with Crippen LogP contribution >= 0.6 is 11.6 Å². The van der Waals surface area contributed by atoms with Gasteiger partial charge in [0, 0.05) is 17.5 Å². The molecule has 0 radical (unpaired) electrons. The second kappa shape index (κ2) is 6.42. The minimum Gasteiger partial charge on any atom is -0.489 e. The molecular weight excluding hydrogens is 222 g/mol. The van der Waals surface area contributed by atoms with Gasteiger partial charge in [0.15, 0.2) is 0 Å². The van der Waals surface area contributed by atoms with E-state index in [0.29, 0.717) is 11.4 Å². The number of hydrogen-bond donors (Lipinski definition) is 1. The third-order valence-electron chi connectivity index (χ3n) is 2.34. The Morgan fingerprint density at radius 2 is 2.31 bits per heavy atom. The van der Waals surface area contributed by atoms with Crippen LogP contribution in [0.3, 0.4) is 0 Å². The minimum absolute atomic E-state index is 0.0602. The molecule has 2 nitrogen and oxygen atoms in total. The van der Waals surface area contributed by atoms with E-state index in [1.807, 2.05) is 19.1 Å². The van der Waals surface area contributed by atoms with E-state index >= 15 is 0 Å². The van der Waals surface area contributed by atoms with Crippen LogP contribution in [0.4, 0.5) is 0 Å². The summed E-state index contributed by atoms with van der Waals surface area (Å²) in [5, 5.41) is 0.655. The first-order valence-electron chi connectivity index (χ1n) is 5.24. The van der Waals surface area contributed by atoms with Crippen LogP contribution in [-0.2, 0) is 0 Å². The standard InChI is InChI=1S/C13H16ClNO/c1-3-4-8-13(15)10(2)16-12-7-5-6-11(14)9-12/h1,5-7,9-10,13H,4,8,15H2,2H3. The van der Waals surface area contributed by atoms with Crippen LogP contribution in [0.15, 0.2) is 24.3 Å². The van der Waals surface area contributed by atoms with Crippen LogP contribution in [0.2, 0.25) is 5.02 Å². The summed E-state index contributed by atoms with van der Waals surface area (Å²) in [4.78, 5) is 0. The monoisotopic (exact) mass is 237 g/mol. The van der Waals surface area contributed by atoms with Crippen LogP contribution in [0, 0.1) is 12.3 Å². The van der Waals surface area contributed by atoms with Gasteiger partial charge < -0.3 is 10.5 Å². The molecule has 0 aliphatic rings. The fraction of sp³-hybridized carbons (Fsp3) is 0.385. The van der Waals surface area contributed by atoms with E-state index in [9.17, 15) is 0 Å². The average molecular weight is 238 g/mol. The summed E-state index contributed by atoms with van der Waals surface area (Å²) in [5.74, 6) is 3.30. The van der Waals surface area contributed by atoms with Crippen molar-refractivity contribution in [2.45, 2.75) is 31.9 Å². The molecular formula is C13H16ClNO. The molecule has 1 rings (SSSR count). The van der Waals surface area contributed by atoms with Crippen molar-refractivity contribution in [3.8, 4) is 18.1 Å². The van der Waals surface area contributed by atoms with Gasteiger partial charge in [0.05, 0.1) is 0 Å². The van der Waals surface area contributed by atoms with Gasteiger partial charge in [-0.1, -0.05) is 17.7 Å². The van der Waals surface area contributed by atoms with Crippen LogP contribution in [0.1, 0.15) is 19.8 Å². The molecule has 86 valence electrons. The number of terminal acetylenes is 1. The Balaban J connectivity index is 2.51. The van der Waals surface area contributed by atoms with Gasteiger partial charge in [-0.05, 0) is 31.5 Å². The van der Waals surface area contributed by atoms with E-state index in [4.69, 9.17) is 28.5 Å². The number of hydrogen-bond acceptors (Lipinski definition) is 2. The third-order valence-corrected chi connectivity index (χ3v) is 2.58. The van der Waals surface area contributed by atoms with Crippen LogP contribution < -0.4 is 10.5 Å². The molecule has 1 aromatic carbocycles. The SMILES string of the molecule is C#CCCC(N)C(C)Oc1cccc(Cl)c1. The maximum absolute atomic E-state index is 5.94. The first-order valence-corrected chi connectivity index (χ1v) is 5.62. The zero-order chi connectivity index (χ0) is 12.0. The summed E-state index contributed by atoms with van der Waals surface area (Å²) < 4.78 is 5.68. The molecule has 0 fully saturated rings. The highest BCUT2D eigenvalue weighted by atomic mass is 35.5. The van der Waals surface area contributed by atoms with Gasteiger partial charge in [0.2, 0.25) is 0 Å². The molecule has 0 aromatic heterocycles. The van der Waals surface area contributed by atoms with E-state index < -0.39 is 0 Å². The molecule has 0 saturated carbocycles. The van der Waals surface area contributed by atoms with Crippen LogP contribution in [0.5, 0.6) is 5.75 Å². The van der Waals surface area contributed by atoms with Crippen molar-refractivity contribution in [1.82, 2.24) is 0 Å². The Labute approximate surface area is 102 Å². The van der Waals surface area contributed by atoms with Gasteiger partial charge in [-0.2, -0.15) is 0 Å². The fourth-order valence-electron chi connectivity index (χ4n) is 1.33. The van der Waals surface area contributed by atoms with E-state index in [2.05, 4.69) is 5.92 Å². The van der Waals surface area contributed by atoms with Crippen molar-refractivity contribution in [1.29, 1.82) is 0 Å². The zero-order valence-corrected chi connectivity index (χ0v) is 10.1. The van der Waals surface area contributed by atoms with Crippen molar-refractivity contribution < 1.29 is 4.74 Å². The highest BCUT2D eigenvalue weighted by molar-refractivity contribution is 6.30. The molecule has 0 heterocycles. The Hall–Kier alpha value is -1.17. The number of rotatable bonds is 5. The zero-order valence-electron chi connectivity index (χ0n) is 9.32. The molecule has 2 atom stereocenters. The Morgan fingerprint density at radius 1 is 1.56 bits per heavy atom. The first kappa shape index (κ1) is 12.9. The highest BCUT2D eigenvalue weighted by Gasteiger charge is 2.13.